The fourth-order valence-corrected chi connectivity index (χ4v) is 3.11. The Hall–Kier alpha value is -3.47. The van der Waals surface area contributed by atoms with Gasteiger partial charge in [-0.15, -0.1) is 0 Å². The fourth-order valence-electron chi connectivity index (χ4n) is 3.11. The summed E-state index contributed by atoms with van der Waals surface area (Å²) in [5.74, 6) is -0.404. The van der Waals surface area contributed by atoms with Crippen molar-refractivity contribution in [3.63, 3.8) is 0 Å². The molecule has 1 heterocycles. The van der Waals surface area contributed by atoms with Gasteiger partial charge in [-0.3, -0.25) is 14.6 Å². The van der Waals surface area contributed by atoms with E-state index in [2.05, 4.69) is 15.6 Å². The lowest BCUT2D eigenvalue weighted by Crippen LogP contribution is -2.23. The maximum absolute atomic E-state index is 12.6. The van der Waals surface area contributed by atoms with Crippen molar-refractivity contribution in [1.29, 1.82) is 0 Å². The molecule has 0 atom stereocenters. The number of pyridine rings is 1. The molecule has 0 bridgehead atoms. The quantitative estimate of drug-likeness (QED) is 0.704. The van der Waals surface area contributed by atoms with Crippen LogP contribution in [0.4, 0.5) is 5.69 Å². The highest BCUT2D eigenvalue weighted by atomic mass is 16.2. The summed E-state index contributed by atoms with van der Waals surface area (Å²) in [6.07, 6.45) is 1.69. The lowest BCUT2D eigenvalue weighted by molar-refractivity contribution is 0.0948. The molecule has 0 saturated heterocycles. The van der Waals surface area contributed by atoms with Gasteiger partial charge in [-0.05, 0) is 68.3 Å². The second-order valence-corrected chi connectivity index (χ2v) is 6.81. The number of anilines is 1. The zero-order valence-electron chi connectivity index (χ0n) is 16.2. The maximum Gasteiger partial charge on any atom is 0.255 e. The number of rotatable bonds is 5. The molecule has 2 N–H and O–H groups in total. The van der Waals surface area contributed by atoms with E-state index in [1.165, 1.54) is 0 Å². The Kier molecular flexibility index (Phi) is 5.84. The molecule has 0 saturated carbocycles. The van der Waals surface area contributed by atoms with Gasteiger partial charge in [0.1, 0.15) is 0 Å². The highest BCUT2D eigenvalue weighted by molar-refractivity contribution is 6.05. The van der Waals surface area contributed by atoms with E-state index in [9.17, 15) is 9.59 Å². The minimum Gasteiger partial charge on any atom is -0.346 e. The first-order valence-electron chi connectivity index (χ1n) is 9.11. The first-order valence-corrected chi connectivity index (χ1v) is 9.11. The van der Waals surface area contributed by atoms with Crippen molar-refractivity contribution in [2.45, 2.75) is 27.3 Å². The van der Waals surface area contributed by atoms with Crippen LogP contribution in [0.5, 0.6) is 0 Å². The highest BCUT2D eigenvalue weighted by Gasteiger charge is 2.12. The van der Waals surface area contributed by atoms with Gasteiger partial charge in [-0.1, -0.05) is 23.8 Å². The number of hydrogen-bond donors (Lipinski definition) is 2. The van der Waals surface area contributed by atoms with Crippen molar-refractivity contribution in [2.75, 3.05) is 5.32 Å². The van der Waals surface area contributed by atoms with E-state index in [-0.39, 0.29) is 11.8 Å². The van der Waals surface area contributed by atoms with Gasteiger partial charge in [-0.25, -0.2) is 0 Å². The lowest BCUT2D eigenvalue weighted by atomic mass is 10.0. The molecular weight excluding hydrogens is 350 g/mol. The standard InChI is InChI=1S/C23H23N3O2/c1-15-12-16(2)21(17(3)13-15)26-23(28)19-9-7-18(8-10-19)22(27)25-14-20-6-4-5-11-24-20/h4-13H,14H2,1-3H3,(H,25,27)(H,26,28). The van der Waals surface area contributed by atoms with Crippen LogP contribution in [0.25, 0.3) is 0 Å². The third-order valence-electron chi connectivity index (χ3n) is 4.48. The van der Waals surface area contributed by atoms with Gasteiger partial charge < -0.3 is 10.6 Å². The average Bonchev–Trinajstić information content (AvgIpc) is 2.69. The van der Waals surface area contributed by atoms with Crippen LogP contribution in [0.1, 0.15) is 43.1 Å². The largest absolute Gasteiger partial charge is 0.346 e. The van der Waals surface area contributed by atoms with Crippen LogP contribution in [-0.4, -0.2) is 16.8 Å². The fraction of sp³-hybridized carbons (Fsp3) is 0.174. The molecule has 2 amide bonds. The van der Waals surface area contributed by atoms with E-state index in [0.29, 0.717) is 17.7 Å². The molecule has 5 heteroatoms. The summed E-state index contributed by atoms with van der Waals surface area (Å²) in [5.41, 5.74) is 5.82. The van der Waals surface area contributed by atoms with Crippen LogP contribution in [0.2, 0.25) is 0 Å². The summed E-state index contributed by atoms with van der Waals surface area (Å²) in [7, 11) is 0. The SMILES string of the molecule is Cc1cc(C)c(NC(=O)c2ccc(C(=O)NCc3ccccn3)cc2)c(C)c1. The van der Waals surface area contributed by atoms with Crippen LogP contribution in [-0.2, 0) is 6.54 Å². The number of carbonyl (C=O) groups is 2. The summed E-state index contributed by atoms with van der Waals surface area (Å²) in [6, 6.07) is 16.2. The number of aromatic nitrogens is 1. The van der Waals surface area contributed by atoms with Crippen molar-refractivity contribution in [3.05, 3.63) is 94.3 Å². The summed E-state index contributed by atoms with van der Waals surface area (Å²) < 4.78 is 0. The Morgan fingerprint density at radius 1 is 0.857 bits per heavy atom. The number of aryl methyl sites for hydroxylation is 3. The Balaban J connectivity index is 1.65. The molecular formula is C23H23N3O2. The topological polar surface area (TPSA) is 71.1 Å². The number of amides is 2. The van der Waals surface area contributed by atoms with Crippen molar-refractivity contribution in [3.8, 4) is 0 Å². The zero-order valence-corrected chi connectivity index (χ0v) is 16.2. The number of carbonyl (C=O) groups excluding carboxylic acids is 2. The molecule has 0 aliphatic rings. The number of hydrogen-bond acceptors (Lipinski definition) is 3. The van der Waals surface area contributed by atoms with E-state index in [1.54, 1.807) is 30.5 Å². The van der Waals surface area contributed by atoms with Crippen molar-refractivity contribution >= 4 is 17.5 Å². The Bertz CT molecular complexity index is 973. The normalized spacial score (nSPS) is 10.4. The summed E-state index contributed by atoms with van der Waals surface area (Å²) in [5, 5.41) is 5.79. The number of nitrogens with zero attached hydrogens (tertiary/aromatic N) is 1. The minimum atomic E-state index is -0.206. The van der Waals surface area contributed by atoms with E-state index in [1.807, 2.05) is 51.1 Å². The number of benzene rings is 2. The molecule has 5 nitrogen and oxygen atoms in total. The van der Waals surface area contributed by atoms with E-state index in [0.717, 1.165) is 28.1 Å². The van der Waals surface area contributed by atoms with Gasteiger partial charge in [0.05, 0.1) is 12.2 Å². The molecule has 1 aromatic heterocycles. The zero-order chi connectivity index (χ0) is 20.1. The van der Waals surface area contributed by atoms with Gasteiger partial charge in [0, 0.05) is 23.0 Å². The smallest absolute Gasteiger partial charge is 0.255 e. The van der Waals surface area contributed by atoms with Crippen molar-refractivity contribution in [1.82, 2.24) is 10.3 Å². The third kappa shape index (κ3) is 4.62. The highest BCUT2D eigenvalue weighted by Crippen LogP contribution is 2.22. The van der Waals surface area contributed by atoms with Gasteiger partial charge in [0.25, 0.3) is 11.8 Å². The summed E-state index contributed by atoms with van der Waals surface area (Å²) in [4.78, 5) is 29.0. The van der Waals surface area contributed by atoms with Gasteiger partial charge >= 0.3 is 0 Å². The predicted octanol–water partition coefficient (Wildman–Crippen LogP) is 4.19. The second kappa shape index (κ2) is 8.48. The van der Waals surface area contributed by atoms with E-state index in [4.69, 9.17) is 0 Å². The molecule has 0 fully saturated rings. The molecule has 3 aromatic rings. The first kappa shape index (κ1) is 19.3. The Labute approximate surface area is 164 Å². The van der Waals surface area contributed by atoms with Gasteiger partial charge in [0.15, 0.2) is 0 Å². The predicted molar refractivity (Wildman–Crippen MR) is 110 cm³/mol. The lowest BCUT2D eigenvalue weighted by Gasteiger charge is -2.13. The second-order valence-electron chi connectivity index (χ2n) is 6.81. The van der Waals surface area contributed by atoms with Crippen LogP contribution in [0.3, 0.4) is 0 Å². The molecule has 0 aliphatic carbocycles. The molecule has 3 rings (SSSR count). The van der Waals surface area contributed by atoms with Crippen LogP contribution >= 0.6 is 0 Å². The van der Waals surface area contributed by atoms with Crippen molar-refractivity contribution in [2.24, 2.45) is 0 Å². The molecule has 0 spiro atoms. The molecule has 28 heavy (non-hydrogen) atoms. The minimum absolute atomic E-state index is 0.199. The van der Waals surface area contributed by atoms with Crippen LogP contribution in [0, 0.1) is 20.8 Å². The molecule has 0 aliphatic heterocycles. The third-order valence-corrected chi connectivity index (χ3v) is 4.48. The van der Waals surface area contributed by atoms with Gasteiger partial charge in [0.2, 0.25) is 0 Å². The average molecular weight is 373 g/mol. The van der Waals surface area contributed by atoms with Crippen LogP contribution in [0.15, 0.2) is 60.8 Å². The maximum atomic E-state index is 12.6. The summed E-state index contributed by atoms with van der Waals surface area (Å²) in [6.45, 7) is 6.34. The Morgan fingerprint density at radius 2 is 1.46 bits per heavy atom. The monoisotopic (exact) mass is 373 g/mol. The molecule has 2 aromatic carbocycles. The first-order chi connectivity index (χ1) is 13.4. The van der Waals surface area contributed by atoms with Gasteiger partial charge in [-0.2, -0.15) is 0 Å². The van der Waals surface area contributed by atoms with Crippen molar-refractivity contribution < 1.29 is 9.59 Å². The molecule has 0 radical (unpaired) electrons. The summed E-state index contributed by atoms with van der Waals surface area (Å²) >= 11 is 0. The van der Waals surface area contributed by atoms with E-state index >= 15 is 0 Å². The Morgan fingerprint density at radius 3 is 2.04 bits per heavy atom. The van der Waals surface area contributed by atoms with E-state index < -0.39 is 0 Å². The molecule has 0 unspecified atom stereocenters. The number of nitrogens with one attached hydrogen (secondary N) is 2. The molecule has 142 valence electrons. The van der Waals surface area contributed by atoms with Crippen LogP contribution < -0.4 is 10.6 Å².